The quantitative estimate of drug-likeness (QED) is 0.565. The Morgan fingerprint density at radius 1 is 1.31 bits per heavy atom. The van der Waals surface area contributed by atoms with Crippen molar-refractivity contribution in [3.8, 4) is 0 Å². The second-order valence-corrected chi connectivity index (χ2v) is 3.53. The number of rotatable bonds is 3. The van der Waals surface area contributed by atoms with Gasteiger partial charge in [0.15, 0.2) is 5.78 Å². The van der Waals surface area contributed by atoms with Gasteiger partial charge in [-0.15, -0.1) is 0 Å². The maximum absolute atomic E-state index is 13.4. The average molecular weight is 222 g/mol. The highest BCUT2D eigenvalue weighted by Crippen LogP contribution is 2.20. The molecule has 1 aromatic carbocycles. The maximum Gasteiger partial charge on any atom is 0.159 e. The third kappa shape index (κ3) is 2.86. The molecule has 0 spiro atoms. The van der Waals surface area contributed by atoms with Gasteiger partial charge in [-0.25, -0.2) is 8.78 Å². The van der Waals surface area contributed by atoms with Crippen molar-refractivity contribution in [1.82, 2.24) is 0 Å². The Labute approximate surface area is 93.1 Å². The molecule has 0 heterocycles. The largest absolute Gasteiger partial charge is 0.295 e. The Morgan fingerprint density at radius 2 is 1.94 bits per heavy atom. The molecule has 0 unspecified atom stereocenters. The lowest BCUT2D eigenvalue weighted by Crippen LogP contribution is -1.94. The van der Waals surface area contributed by atoms with Gasteiger partial charge < -0.3 is 0 Å². The van der Waals surface area contributed by atoms with Crippen molar-refractivity contribution in [3.63, 3.8) is 0 Å². The van der Waals surface area contributed by atoms with E-state index in [2.05, 4.69) is 6.58 Å². The van der Waals surface area contributed by atoms with Gasteiger partial charge in [0.1, 0.15) is 11.6 Å². The molecule has 0 radical (unpaired) electrons. The van der Waals surface area contributed by atoms with E-state index in [1.165, 1.54) is 25.1 Å². The van der Waals surface area contributed by atoms with Crippen LogP contribution in [0.25, 0.3) is 5.57 Å². The molecule has 0 aliphatic rings. The second kappa shape index (κ2) is 4.84. The highest BCUT2D eigenvalue weighted by molar-refractivity contribution is 5.97. The number of carbonyl (C=O) groups excluding carboxylic acids is 1. The lowest BCUT2D eigenvalue weighted by molar-refractivity contribution is -0.113. The Morgan fingerprint density at radius 3 is 2.44 bits per heavy atom. The van der Waals surface area contributed by atoms with Crippen LogP contribution in [0.15, 0.2) is 36.4 Å². The Hall–Kier alpha value is -1.77. The summed E-state index contributed by atoms with van der Waals surface area (Å²) >= 11 is 0. The van der Waals surface area contributed by atoms with Crippen molar-refractivity contribution in [2.24, 2.45) is 0 Å². The molecule has 3 heteroatoms. The van der Waals surface area contributed by atoms with Crippen LogP contribution in [0, 0.1) is 11.6 Å². The zero-order chi connectivity index (χ0) is 12.3. The SMILES string of the molecule is C=C(/C=C(\C)c1ccc(F)cc1F)C(C)=O. The topological polar surface area (TPSA) is 17.1 Å². The van der Waals surface area contributed by atoms with Crippen molar-refractivity contribution in [2.75, 3.05) is 0 Å². The molecule has 0 atom stereocenters. The summed E-state index contributed by atoms with van der Waals surface area (Å²) in [7, 11) is 0. The number of hydrogen-bond acceptors (Lipinski definition) is 1. The minimum Gasteiger partial charge on any atom is -0.295 e. The number of ketones is 1. The van der Waals surface area contributed by atoms with Gasteiger partial charge in [-0.3, -0.25) is 4.79 Å². The van der Waals surface area contributed by atoms with Crippen molar-refractivity contribution < 1.29 is 13.6 Å². The van der Waals surface area contributed by atoms with E-state index in [0.717, 1.165) is 6.07 Å². The summed E-state index contributed by atoms with van der Waals surface area (Å²) in [5.41, 5.74) is 1.10. The first-order valence-corrected chi connectivity index (χ1v) is 4.75. The smallest absolute Gasteiger partial charge is 0.159 e. The predicted molar refractivity (Wildman–Crippen MR) is 59.8 cm³/mol. The molecule has 0 N–H and O–H groups in total. The number of halogens is 2. The van der Waals surface area contributed by atoms with Crippen LogP contribution in [0.1, 0.15) is 19.4 Å². The van der Waals surface area contributed by atoms with Crippen LogP contribution in [0.3, 0.4) is 0 Å². The molecule has 0 saturated heterocycles. The lowest BCUT2D eigenvalue weighted by atomic mass is 10.0. The Bertz CT molecular complexity index is 473. The van der Waals surface area contributed by atoms with Crippen LogP contribution in [0.5, 0.6) is 0 Å². The van der Waals surface area contributed by atoms with Crippen molar-refractivity contribution >= 4 is 11.4 Å². The molecule has 1 rings (SSSR count). The highest BCUT2D eigenvalue weighted by Gasteiger charge is 2.06. The highest BCUT2D eigenvalue weighted by atomic mass is 19.1. The number of allylic oxidation sites excluding steroid dienone is 3. The van der Waals surface area contributed by atoms with Gasteiger partial charge in [0, 0.05) is 17.2 Å². The lowest BCUT2D eigenvalue weighted by Gasteiger charge is -2.04. The number of Topliss-reactive ketones (excluding diaryl/α,β-unsaturated/α-hetero) is 1. The van der Waals surface area contributed by atoms with E-state index >= 15 is 0 Å². The first-order valence-electron chi connectivity index (χ1n) is 4.75. The monoisotopic (exact) mass is 222 g/mol. The van der Waals surface area contributed by atoms with E-state index in [9.17, 15) is 13.6 Å². The van der Waals surface area contributed by atoms with Crippen LogP contribution < -0.4 is 0 Å². The number of carbonyl (C=O) groups is 1. The van der Waals surface area contributed by atoms with Gasteiger partial charge in [-0.2, -0.15) is 0 Å². The third-order valence-corrected chi connectivity index (χ3v) is 2.20. The van der Waals surface area contributed by atoms with E-state index in [4.69, 9.17) is 0 Å². The Kier molecular flexibility index (Phi) is 3.72. The van der Waals surface area contributed by atoms with Crippen molar-refractivity contribution in [2.45, 2.75) is 13.8 Å². The molecule has 0 fully saturated rings. The molecule has 0 aromatic heterocycles. The summed E-state index contributed by atoms with van der Waals surface area (Å²) in [4.78, 5) is 11.0. The van der Waals surface area contributed by atoms with Gasteiger partial charge in [-0.1, -0.05) is 6.58 Å². The molecule has 0 saturated carbocycles. The van der Waals surface area contributed by atoms with E-state index < -0.39 is 11.6 Å². The average Bonchev–Trinajstić information content (AvgIpc) is 2.16. The fourth-order valence-electron chi connectivity index (χ4n) is 1.25. The van der Waals surface area contributed by atoms with E-state index in [0.29, 0.717) is 11.1 Å². The zero-order valence-electron chi connectivity index (χ0n) is 9.18. The standard InChI is InChI=1S/C13H12F2O/c1-8(10(3)16)6-9(2)12-5-4-11(14)7-13(12)15/h4-7H,1H2,2-3H3/b9-6+. The molecule has 1 nitrogen and oxygen atoms in total. The van der Waals surface area contributed by atoms with Crippen LogP contribution in [-0.4, -0.2) is 5.78 Å². The van der Waals surface area contributed by atoms with Gasteiger partial charge >= 0.3 is 0 Å². The van der Waals surface area contributed by atoms with Crippen LogP contribution in [0.2, 0.25) is 0 Å². The van der Waals surface area contributed by atoms with Crippen molar-refractivity contribution in [3.05, 3.63) is 53.6 Å². The maximum atomic E-state index is 13.4. The Balaban J connectivity index is 3.10. The van der Waals surface area contributed by atoms with E-state index in [1.54, 1.807) is 6.92 Å². The minimum atomic E-state index is -0.648. The van der Waals surface area contributed by atoms with Gasteiger partial charge in [0.2, 0.25) is 0 Å². The van der Waals surface area contributed by atoms with Gasteiger partial charge in [0.05, 0.1) is 0 Å². The molecule has 0 amide bonds. The van der Waals surface area contributed by atoms with Gasteiger partial charge in [0.25, 0.3) is 0 Å². The molecule has 0 aliphatic carbocycles. The zero-order valence-corrected chi connectivity index (χ0v) is 9.18. The molecular weight excluding hydrogens is 210 g/mol. The van der Waals surface area contributed by atoms with E-state index in [1.807, 2.05) is 0 Å². The first-order chi connectivity index (χ1) is 7.41. The number of hydrogen-bond donors (Lipinski definition) is 0. The van der Waals surface area contributed by atoms with Crippen LogP contribution >= 0.6 is 0 Å². The summed E-state index contributed by atoms with van der Waals surface area (Å²) in [6.45, 7) is 6.57. The first kappa shape index (κ1) is 12.3. The van der Waals surface area contributed by atoms with Crippen LogP contribution in [0.4, 0.5) is 8.78 Å². The van der Waals surface area contributed by atoms with Gasteiger partial charge in [-0.05, 0) is 37.6 Å². The van der Waals surface area contributed by atoms with E-state index in [-0.39, 0.29) is 11.3 Å². The second-order valence-electron chi connectivity index (χ2n) is 3.53. The summed E-state index contributed by atoms with van der Waals surface area (Å²) < 4.78 is 26.0. The van der Waals surface area contributed by atoms with Crippen LogP contribution in [-0.2, 0) is 4.79 Å². The summed E-state index contributed by atoms with van der Waals surface area (Å²) in [6, 6.07) is 3.32. The van der Waals surface area contributed by atoms with Crippen molar-refractivity contribution in [1.29, 1.82) is 0 Å². The molecule has 84 valence electrons. The molecule has 16 heavy (non-hydrogen) atoms. The normalized spacial score (nSPS) is 11.4. The fraction of sp³-hybridized carbons (Fsp3) is 0.154. The fourth-order valence-corrected chi connectivity index (χ4v) is 1.25. The summed E-state index contributed by atoms with van der Waals surface area (Å²) in [5.74, 6) is -1.45. The molecular formula is C13H12F2O. The summed E-state index contributed by atoms with van der Waals surface area (Å²) in [6.07, 6.45) is 1.48. The third-order valence-electron chi connectivity index (χ3n) is 2.20. The predicted octanol–water partition coefficient (Wildman–Crippen LogP) is 3.51. The summed E-state index contributed by atoms with van der Waals surface area (Å²) in [5, 5.41) is 0. The molecule has 0 aliphatic heterocycles. The minimum absolute atomic E-state index is 0.179. The molecule has 1 aromatic rings. The molecule has 0 bridgehead atoms. The number of benzene rings is 1.